The van der Waals surface area contributed by atoms with Crippen LogP contribution in [0.5, 0.6) is 0 Å². The first-order chi connectivity index (χ1) is 7.64. The Morgan fingerprint density at radius 1 is 1.35 bits per heavy atom. The van der Waals surface area contributed by atoms with Gasteiger partial charge in [0.25, 0.3) is 0 Å². The van der Waals surface area contributed by atoms with Crippen molar-refractivity contribution in [3.63, 3.8) is 0 Å². The first-order valence-electron chi connectivity index (χ1n) is 5.61. The number of alkyl halides is 1. The molecule has 0 radical (unpaired) electrons. The predicted octanol–water partition coefficient (Wildman–Crippen LogP) is 3.50. The first-order valence-corrected chi connectivity index (χ1v) is 9.64. The van der Waals surface area contributed by atoms with Gasteiger partial charge in [0.2, 0.25) is 0 Å². The van der Waals surface area contributed by atoms with Gasteiger partial charge in [-0.1, -0.05) is 36.7 Å². The van der Waals surface area contributed by atoms with Crippen molar-refractivity contribution in [2.24, 2.45) is 0 Å². The fourth-order valence-electron chi connectivity index (χ4n) is 0.834. The van der Waals surface area contributed by atoms with Gasteiger partial charge in [-0.15, -0.1) is 0 Å². The number of esters is 1. The molecule has 0 saturated carbocycles. The van der Waals surface area contributed by atoms with Crippen molar-refractivity contribution < 1.29 is 14.0 Å². The molecule has 0 rings (SSSR count). The average molecular weight is 323 g/mol. The third-order valence-electron chi connectivity index (χ3n) is 3.12. The van der Waals surface area contributed by atoms with Crippen molar-refractivity contribution >= 4 is 30.2 Å². The van der Waals surface area contributed by atoms with Gasteiger partial charge in [0, 0.05) is 11.4 Å². The largest absolute Gasteiger partial charge is 0.466 e. The minimum Gasteiger partial charge on any atom is -0.466 e. The van der Waals surface area contributed by atoms with E-state index in [0.717, 1.165) is 5.57 Å². The Morgan fingerprint density at radius 2 is 1.88 bits per heavy atom. The maximum Gasteiger partial charge on any atom is 0.330 e. The molecule has 0 saturated heterocycles. The molecule has 0 amide bonds. The van der Waals surface area contributed by atoms with Crippen LogP contribution in [-0.2, 0) is 14.0 Å². The molecule has 0 heterocycles. The summed E-state index contributed by atoms with van der Waals surface area (Å²) >= 11 is 3.35. The second kappa shape index (κ2) is 6.71. The Balaban J connectivity index is 4.54. The van der Waals surface area contributed by atoms with Crippen molar-refractivity contribution in [1.29, 1.82) is 0 Å². The number of methoxy groups -OCH3 is 1. The van der Waals surface area contributed by atoms with Crippen molar-refractivity contribution in [2.75, 3.05) is 19.0 Å². The van der Waals surface area contributed by atoms with E-state index < -0.39 is 8.32 Å². The molecule has 0 aliphatic heterocycles. The van der Waals surface area contributed by atoms with E-state index in [-0.39, 0.29) is 11.0 Å². The normalized spacial score (nSPS) is 13.7. The number of hydrogen-bond donors (Lipinski definition) is 0. The molecule has 0 atom stereocenters. The second-order valence-corrected chi connectivity index (χ2v) is 10.9. The van der Waals surface area contributed by atoms with E-state index in [1.807, 2.05) is 0 Å². The lowest BCUT2D eigenvalue weighted by atomic mass is 10.2. The van der Waals surface area contributed by atoms with Crippen LogP contribution < -0.4 is 0 Å². The highest BCUT2D eigenvalue weighted by Crippen LogP contribution is 2.36. The van der Waals surface area contributed by atoms with Crippen LogP contribution >= 0.6 is 15.9 Å². The minimum atomic E-state index is -1.76. The van der Waals surface area contributed by atoms with Crippen LogP contribution in [-0.4, -0.2) is 33.3 Å². The molecular weight excluding hydrogens is 300 g/mol. The van der Waals surface area contributed by atoms with E-state index in [1.54, 1.807) is 0 Å². The maximum absolute atomic E-state index is 11.1. The molecule has 100 valence electrons. The zero-order valence-electron chi connectivity index (χ0n) is 11.6. The Labute approximate surface area is 114 Å². The van der Waals surface area contributed by atoms with E-state index in [4.69, 9.17) is 4.43 Å². The quantitative estimate of drug-likeness (QED) is 0.336. The van der Waals surface area contributed by atoms with E-state index >= 15 is 0 Å². The fraction of sp³-hybridized carbons (Fsp3) is 0.750. The van der Waals surface area contributed by atoms with Gasteiger partial charge in [-0.3, -0.25) is 0 Å². The van der Waals surface area contributed by atoms with Crippen molar-refractivity contribution in [3.05, 3.63) is 11.6 Å². The number of rotatable bonds is 5. The fourth-order valence-corrected chi connectivity index (χ4v) is 2.14. The highest BCUT2D eigenvalue weighted by molar-refractivity contribution is 9.09. The van der Waals surface area contributed by atoms with E-state index in [9.17, 15) is 4.79 Å². The summed E-state index contributed by atoms with van der Waals surface area (Å²) in [5.74, 6) is -0.335. The molecule has 0 aliphatic rings. The van der Waals surface area contributed by atoms with Crippen LogP contribution in [0.3, 0.4) is 0 Å². The summed E-state index contributed by atoms with van der Waals surface area (Å²) in [5, 5.41) is 0.798. The Morgan fingerprint density at radius 3 is 2.24 bits per heavy atom. The third-order valence-corrected chi connectivity index (χ3v) is 8.32. The number of carbonyl (C=O) groups is 1. The summed E-state index contributed by atoms with van der Waals surface area (Å²) in [6, 6.07) is 0. The molecule has 0 aliphatic carbocycles. The standard InChI is InChI=1S/C12H23BrO3Si/c1-12(2,3)17(5,6)16-9-10(8-13)7-11(14)15-4/h7H,8-9H2,1-6H3/b10-7-. The highest BCUT2D eigenvalue weighted by atomic mass is 79.9. The molecular formula is C12H23BrO3Si. The van der Waals surface area contributed by atoms with Crippen molar-refractivity contribution in [3.8, 4) is 0 Å². The first kappa shape index (κ1) is 16.9. The van der Waals surface area contributed by atoms with Gasteiger partial charge in [0.05, 0.1) is 13.7 Å². The van der Waals surface area contributed by atoms with E-state index in [1.165, 1.54) is 13.2 Å². The van der Waals surface area contributed by atoms with Crippen LogP contribution in [0.25, 0.3) is 0 Å². The van der Waals surface area contributed by atoms with E-state index in [2.05, 4.69) is 54.5 Å². The van der Waals surface area contributed by atoms with Crippen LogP contribution in [0.1, 0.15) is 20.8 Å². The van der Waals surface area contributed by atoms with Crippen LogP contribution in [0.4, 0.5) is 0 Å². The Hall–Kier alpha value is -0.133. The number of carbonyl (C=O) groups excluding carboxylic acids is 1. The van der Waals surface area contributed by atoms with Crippen LogP contribution in [0.2, 0.25) is 18.1 Å². The van der Waals surface area contributed by atoms with Crippen LogP contribution in [0, 0.1) is 0 Å². The summed E-state index contributed by atoms with van der Waals surface area (Å²) in [5.41, 5.74) is 0.904. The molecule has 5 heteroatoms. The summed E-state index contributed by atoms with van der Waals surface area (Å²) < 4.78 is 10.6. The topological polar surface area (TPSA) is 35.5 Å². The third kappa shape index (κ3) is 5.83. The highest BCUT2D eigenvalue weighted by Gasteiger charge is 2.37. The zero-order chi connectivity index (χ0) is 13.7. The molecule has 0 N–H and O–H groups in total. The smallest absolute Gasteiger partial charge is 0.330 e. The molecule has 0 unspecified atom stereocenters. The Bertz CT molecular complexity index is 293. The molecule has 0 aromatic rings. The molecule has 17 heavy (non-hydrogen) atoms. The lowest BCUT2D eigenvalue weighted by molar-refractivity contribution is -0.134. The summed E-state index contributed by atoms with van der Waals surface area (Å²) in [6.07, 6.45) is 1.49. The zero-order valence-corrected chi connectivity index (χ0v) is 14.2. The molecule has 0 aromatic carbocycles. The number of hydrogen-bond acceptors (Lipinski definition) is 3. The molecule has 0 spiro atoms. The van der Waals surface area contributed by atoms with Gasteiger partial charge in [-0.2, -0.15) is 0 Å². The Kier molecular flexibility index (Phi) is 6.65. The molecule has 3 nitrogen and oxygen atoms in total. The van der Waals surface area contributed by atoms with Gasteiger partial charge >= 0.3 is 5.97 Å². The number of halogens is 1. The molecule has 0 fully saturated rings. The maximum atomic E-state index is 11.1. The monoisotopic (exact) mass is 322 g/mol. The van der Waals surface area contributed by atoms with Gasteiger partial charge in [0.15, 0.2) is 8.32 Å². The molecule has 0 bridgehead atoms. The number of ether oxygens (including phenoxy) is 1. The van der Waals surface area contributed by atoms with Crippen molar-refractivity contribution in [2.45, 2.75) is 38.9 Å². The van der Waals surface area contributed by atoms with E-state index in [0.29, 0.717) is 11.9 Å². The lowest BCUT2D eigenvalue weighted by Gasteiger charge is -2.36. The lowest BCUT2D eigenvalue weighted by Crippen LogP contribution is -2.41. The van der Waals surface area contributed by atoms with Crippen LogP contribution in [0.15, 0.2) is 11.6 Å². The molecule has 0 aromatic heterocycles. The second-order valence-electron chi connectivity index (χ2n) is 5.51. The van der Waals surface area contributed by atoms with Gasteiger partial charge in [0.1, 0.15) is 0 Å². The average Bonchev–Trinajstić information content (AvgIpc) is 2.22. The summed E-state index contributed by atoms with van der Waals surface area (Å²) in [6.45, 7) is 11.4. The van der Waals surface area contributed by atoms with Gasteiger partial charge in [-0.05, 0) is 23.7 Å². The summed E-state index contributed by atoms with van der Waals surface area (Å²) in [7, 11) is -0.385. The summed E-state index contributed by atoms with van der Waals surface area (Å²) in [4.78, 5) is 11.1. The predicted molar refractivity (Wildman–Crippen MR) is 77.0 cm³/mol. The minimum absolute atomic E-state index is 0.176. The van der Waals surface area contributed by atoms with Gasteiger partial charge in [-0.25, -0.2) is 4.79 Å². The van der Waals surface area contributed by atoms with Gasteiger partial charge < -0.3 is 9.16 Å². The SMILES string of the molecule is COC(=O)/C=C(/CBr)CO[Si](C)(C)C(C)(C)C. The van der Waals surface area contributed by atoms with Crippen molar-refractivity contribution in [1.82, 2.24) is 0 Å².